The van der Waals surface area contributed by atoms with Crippen LogP contribution >= 0.6 is 0 Å². The molecule has 2 unspecified atom stereocenters. The van der Waals surface area contributed by atoms with Crippen LogP contribution in [0.3, 0.4) is 0 Å². The summed E-state index contributed by atoms with van der Waals surface area (Å²) in [6.45, 7) is 19.7. The minimum absolute atomic E-state index is 0. The summed E-state index contributed by atoms with van der Waals surface area (Å²) in [5.74, 6) is 0. The Hall–Kier alpha value is 0.640. The van der Waals surface area contributed by atoms with Crippen molar-refractivity contribution < 1.29 is 48.0 Å². The molecule has 0 saturated carbocycles. The molecule has 3 rings (SSSR count). The average Bonchev–Trinajstić information content (AvgIpc) is 2.73. The molecule has 0 radical (unpaired) electrons. The second-order valence-electron chi connectivity index (χ2n) is 7.51. The van der Waals surface area contributed by atoms with Gasteiger partial charge in [-0.05, 0) is 0 Å². The molecule has 0 spiro atoms. The van der Waals surface area contributed by atoms with Gasteiger partial charge in [0.05, 0.1) is 0 Å². The molecule has 2 atom stereocenters. The first-order valence-corrected chi connectivity index (χ1v) is 13.3. The molecule has 0 nitrogen and oxygen atoms in total. The monoisotopic (exact) mass is 430 g/mol. The zero-order chi connectivity index (χ0) is 15.0. The van der Waals surface area contributed by atoms with Crippen molar-refractivity contribution in [2.24, 2.45) is 0 Å². The summed E-state index contributed by atoms with van der Waals surface area (Å²) in [6.07, 6.45) is 0. The van der Waals surface area contributed by atoms with E-state index in [0.29, 0.717) is 0 Å². The van der Waals surface area contributed by atoms with Crippen LogP contribution in [0, 0.1) is 0 Å². The minimum atomic E-state index is -1.33. The Morgan fingerprint density at radius 3 is 1.27 bits per heavy atom. The van der Waals surface area contributed by atoms with E-state index in [1.165, 1.54) is 0 Å². The predicted octanol–water partition coefficient (Wildman–Crippen LogP) is -0.213. The number of hydrogen-bond donors (Lipinski definition) is 0. The zero-order valence-electron chi connectivity index (χ0n) is 14.9. The topological polar surface area (TPSA) is 0 Å². The Bertz CT molecular complexity index is 596. The molecule has 0 aromatic heterocycles. The van der Waals surface area contributed by atoms with Gasteiger partial charge in [0.2, 0.25) is 0 Å². The second kappa shape index (κ2) is 6.51. The maximum Gasteiger partial charge on any atom is -1.00 e. The van der Waals surface area contributed by atoms with Gasteiger partial charge in [-0.25, -0.2) is 0 Å². The van der Waals surface area contributed by atoms with Gasteiger partial charge in [-0.2, -0.15) is 0 Å². The summed E-state index contributed by atoms with van der Waals surface area (Å²) in [6, 6.07) is 0. The van der Waals surface area contributed by atoms with Gasteiger partial charge in [0.1, 0.15) is 0 Å². The van der Waals surface area contributed by atoms with E-state index in [-0.39, 0.29) is 24.8 Å². The van der Waals surface area contributed by atoms with Gasteiger partial charge >= 0.3 is 137 Å². The largest absolute Gasteiger partial charge is 1.00 e. The summed E-state index contributed by atoms with van der Waals surface area (Å²) >= 11 is -0.540. The van der Waals surface area contributed by atoms with Crippen LogP contribution in [0.2, 0.25) is 24.2 Å². The van der Waals surface area contributed by atoms with Crippen LogP contribution in [-0.4, -0.2) is 8.07 Å². The third-order valence-electron chi connectivity index (χ3n) is 6.32. The van der Waals surface area contributed by atoms with Crippen LogP contribution in [0.15, 0.2) is 40.0 Å². The summed E-state index contributed by atoms with van der Waals surface area (Å²) in [7, 11) is -1.33. The van der Waals surface area contributed by atoms with E-state index in [1.807, 2.05) is 6.56 Å². The van der Waals surface area contributed by atoms with Crippen LogP contribution in [0.25, 0.3) is 0 Å². The molecule has 4 heteroatoms. The maximum atomic E-state index is 2.66. The van der Waals surface area contributed by atoms with Crippen molar-refractivity contribution in [2.45, 2.75) is 65.7 Å². The molecule has 0 bridgehead atoms. The Kier molecular flexibility index (Phi) is 6.12. The standard InChI is InChI=1S/C18H26Si.2ClH.Zr/c1-11-9-17(15(5)13(11)3)19(7,8)18-10-12(2)14(4)16(18)6;;;/h17-18H,1-8H3;2*1H;/q;;;+2/p-2. The second-order valence-corrected chi connectivity index (χ2v) is 15.6. The molecule has 2 aliphatic carbocycles. The molecule has 3 aliphatic rings. The number of hydrogen-bond acceptors (Lipinski definition) is 0. The van der Waals surface area contributed by atoms with Crippen molar-refractivity contribution in [1.29, 1.82) is 0 Å². The molecule has 1 fully saturated rings. The molecule has 22 heavy (non-hydrogen) atoms. The summed E-state index contributed by atoms with van der Waals surface area (Å²) in [5.41, 5.74) is 11.8. The van der Waals surface area contributed by atoms with Gasteiger partial charge in [-0.15, -0.1) is 0 Å². The van der Waals surface area contributed by atoms with E-state index >= 15 is 0 Å². The molecule has 0 amide bonds. The SMILES string of the molecule is CC1=C(C)C2[C](=C1C)[Zr+2][C]1=C(C)C(C)=C(C)C1[Si]2(C)C.[Cl-].[Cl-]. The third-order valence-corrected chi connectivity index (χ3v) is 16.7. The first kappa shape index (κ1) is 20.7. The fourth-order valence-corrected chi connectivity index (χ4v) is 20.4. The van der Waals surface area contributed by atoms with E-state index in [2.05, 4.69) is 54.6 Å². The van der Waals surface area contributed by atoms with E-state index in [0.717, 1.165) is 11.1 Å². The molecular formula is C18H26Cl2SiZr. The maximum absolute atomic E-state index is 2.66. The Labute approximate surface area is 161 Å². The first-order chi connectivity index (χ1) is 9.19. The van der Waals surface area contributed by atoms with Crippen molar-refractivity contribution >= 4 is 8.07 Å². The Balaban J connectivity index is 0.00000121. The molecule has 0 N–H and O–H groups in total. The molecule has 0 aromatic carbocycles. The van der Waals surface area contributed by atoms with Crippen molar-refractivity contribution in [3.8, 4) is 0 Å². The molecule has 120 valence electrons. The number of allylic oxidation sites excluding steroid dienone is 8. The number of rotatable bonds is 0. The predicted molar refractivity (Wildman–Crippen MR) is 87.1 cm³/mol. The summed E-state index contributed by atoms with van der Waals surface area (Å²) in [5, 5.41) is 0. The van der Waals surface area contributed by atoms with Crippen LogP contribution in [0.4, 0.5) is 0 Å². The van der Waals surface area contributed by atoms with Gasteiger partial charge in [-0.3, -0.25) is 0 Å². The van der Waals surface area contributed by atoms with Crippen molar-refractivity contribution in [3.63, 3.8) is 0 Å². The third kappa shape index (κ3) is 2.48. The first-order valence-electron chi connectivity index (χ1n) is 7.73. The van der Waals surface area contributed by atoms with Crippen LogP contribution in [0.5, 0.6) is 0 Å². The molecular weight excluding hydrogens is 406 g/mol. The van der Waals surface area contributed by atoms with E-state index in [1.54, 1.807) is 33.4 Å². The van der Waals surface area contributed by atoms with Gasteiger partial charge in [-0.1, -0.05) is 0 Å². The quantitative estimate of drug-likeness (QED) is 0.465. The van der Waals surface area contributed by atoms with Crippen molar-refractivity contribution in [3.05, 3.63) is 40.0 Å². The normalized spacial score (nSPS) is 28.7. The van der Waals surface area contributed by atoms with E-state index < -0.39 is 31.3 Å². The van der Waals surface area contributed by atoms with E-state index in [9.17, 15) is 0 Å². The van der Waals surface area contributed by atoms with Crippen LogP contribution < -0.4 is 24.8 Å². The van der Waals surface area contributed by atoms with Gasteiger partial charge < -0.3 is 24.8 Å². The average molecular weight is 433 g/mol. The molecule has 0 aromatic rings. The number of halogens is 2. The fraction of sp³-hybridized carbons (Fsp3) is 0.556. The summed E-state index contributed by atoms with van der Waals surface area (Å²) < 4.78 is 3.88. The van der Waals surface area contributed by atoms with Gasteiger partial charge in [0.25, 0.3) is 0 Å². The van der Waals surface area contributed by atoms with E-state index in [4.69, 9.17) is 0 Å². The number of fused-ring (bicyclic) bond motifs is 2. The Morgan fingerprint density at radius 1 is 0.636 bits per heavy atom. The Morgan fingerprint density at radius 2 is 0.955 bits per heavy atom. The van der Waals surface area contributed by atoms with Gasteiger partial charge in [0, 0.05) is 0 Å². The zero-order valence-corrected chi connectivity index (χ0v) is 19.9. The smallest absolute Gasteiger partial charge is 1.00 e. The molecule has 1 saturated heterocycles. The van der Waals surface area contributed by atoms with Crippen molar-refractivity contribution in [2.75, 3.05) is 0 Å². The van der Waals surface area contributed by atoms with Gasteiger partial charge in [0.15, 0.2) is 0 Å². The fourth-order valence-electron chi connectivity index (χ4n) is 4.80. The minimum Gasteiger partial charge on any atom is -1.00 e. The van der Waals surface area contributed by atoms with Crippen LogP contribution in [-0.2, 0) is 23.2 Å². The molecule has 1 heterocycles. The molecule has 1 aliphatic heterocycles. The summed E-state index contributed by atoms with van der Waals surface area (Å²) in [4.78, 5) is 0. The van der Waals surface area contributed by atoms with Crippen LogP contribution in [0.1, 0.15) is 41.5 Å². The van der Waals surface area contributed by atoms with Crippen molar-refractivity contribution in [1.82, 2.24) is 0 Å².